The number of nitrogens with zero attached hydrogens (tertiary/aromatic N) is 2. The Morgan fingerprint density at radius 1 is 1.65 bits per heavy atom. The predicted molar refractivity (Wildman–Crippen MR) is 72.2 cm³/mol. The van der Waals surface area contributed by atoms with E-state index in [0.717, 1.165) is 5.75 Å². The standard InChI is InChI=1S/C11H20N4OS/c1-8(2)15-7-9(6-13-15)14-11(16)10(12)4-5-17-3/h6-8,10H,4-5,12H2,1-3H3,(H,14,16)/t10-/m1/s1. The van der Waals surface area contributed by atoms with Crippen molar-refractivity contribution in [2.24, 2.45) is 5.73 Å². The largest absolute Gasteiger partial charge is 0.322 e. The van der Waals surface area contributed by atoms with Crippen molar-refractivity contribution in [2.45, 2.75) is 32.4 Å². The van der Waals surface area contributed by atoms with E-state index in [1.165, 1.54) is 0 Å². The first-order valence-electron chi connectivity index (χ1n) is 5.64. The number of nitrogens with one attached hydrogen (secondary N) is 1. The number of aromatic nitrogens is 2. The highest BCUT2D eigenvalue weighted by Crippen LogP contribution is 2.10. The number of anilines is 1. The average Bonchev–Trinajstić information content (AvgIpc) is 2.74. The van der Waals surface area contributed by atoms with Crippen LogP contribution >= 0.6 is 11.8 Å². The Balaban J connectivity index is 2.49. The van der Waals surface area contributed by atoms with E-state index in [1.807, 2.05) is 26.3 Å². The van der Waals surface area contributed by atoms with Gasteiger partial charge in [-0.1, -0.05) is 0 Å². The van der Waals surface area contributed by atoms with Crippen LogP contribution in [0.2, 0.25) is 0 Å². The lowest BCUT2D eigenvalue weighted by atomic mass is 10.2. The minimum absolute atomic E-state index is 0.151. The molecule has 0 aliphatic carbocycles. The van der Waals surface area contributed by atoms with E-state index in [4.69, 9.17) is 5.73 Å². The highest BCUT2D eigenvalue weighted by atomic mass is 32.2. The molecule has 1 amide bonds. The van der Waals surface area contributed by atoms with E-state index in [-0.39, 0.29) is 11.9 Å². The van der Waals surface area contributed by atoms with Crippen molar-refractivity contribution in [1.82, 2.24) is 9.78 Å². The summed E-state index contributed by atoms with van der Waals surface area (Å²) in [6.07, 6.45) is 6.13. The van der Waals surface area contributed by atoms with Gasteiger partial charge in [0.05, 0.1) is 17.9 Å². The van der Waals surface area contributed by atoms with Crippen molar-refractivity contribution in [3.8, 4) is 0 Å². The molecule has 0 saturated carbocycles. The van der Waals surface area contributed by atoms with Crippen LogP contribution in [-0.4, -0.2) is 33.7 Å². The fraction of sp³-hybridized carbons (Fsp3) is 0.636. The lowest BCUT2D eigenvalue weighted by Crippen LogP contribution is -2.35. The summed E-state index contributed by atoms with van der Waals surface area (Å²) in [4.78, 5) is 11.7. The van der Waals surface area contributed by atoms with Crippen molar-refractivity contribution in [2.75, 3.05) is 17.3 Å². The maximum Gasteiger partial charge on any atom is 0.241 e. The summed E-state index contributed by atoms with van der Waals surface area (Å²) in [5.41, 5.74) is 6.46. The van der Waals surface area contributed by atoms with Crippen LogP contribution in [0.4, 0.5) is 5.69 Å². The first kappa shape index (κ1) is 14.1. The second-order valence-electron chi connectivity index (χ2n) is 4.18. The van der Waals surface area contributed by atoms with Gasteiger partial charge in [-0.15, -0.1) is 0 Å². The van der Waals surface area contributed by atoms with E-state index in [0.29, 0.717) is 12.1 Å². The molecule has 0 unspecified atom stereocenters. The van der Waals surface area contributed by atoms with Gasteiger partial charge in [0.2, 0.25) is 5.91 Å². The van der Waals surface area contributed by atoms with Gasteiger partial charge in [-0.2, -0.15) is 16.9 Å². The number of carbonyl (C=O) groups excluding carboxylic acids is 1. The summed E-state index contributed by atoms with van der Waals surface area (Å²) in [6.45, 7) is 4.06. The molecule has 6 heteroatoms. The molecule has 0 aromatic carbocycles. The Labute approximate surface area is 106 Å². The number of hydrogen-bond donors (Lipinski definition) is 2. The van der Waals surface area contributed by atoms with Crippen LogP contribution in [0, 0.1) is 0 Å². The molecule has 96 valence electrons. The van der Waals surface area contributed by atoms with Gasteiger partial charge in [-0.3, -0.25) is 9.48 Å². The SMILES string of the molecule is CSCC[C@@H](N)C(=O)Nc1cnn(C(C)C)c1. The lowest BCUT2D eigenvalue weighted by Gasteiger charge is -2.10. The number of nitrogens with two attached hydrogens (primary N) is 1. The molecule has 1 rings (SSSR count). The Kier molecular flexibility index (Phi) is 5.50. The third-order valence-corrected chi connectivity index (χ3v) is 3.01. The molecule has 1 aromatic heterocycles. The van der Waals surface area contributed by atoms with E-state index in [9.17, 15) is 4.79 Å². The number of amides is 1. The van der Waals surface area contributed by atoms with E-state index in [2.05, 4.69) is 10.4 Å². The molecular formula is C11H20N4OS. The number of carbonyl (C=O) groups is 1. The Bertz CT molecular complexity index is 364. The van der Waals surface area contributed by atoms with Gasteiger partial charge in [-0.05, 0) is 32.3 Å². The van der Waals surface area contributed by atoms with E-state index < -0.39 is 6.04 Å². The molecule has 0 aliphatic rings. The Morgan fingerprint density at radius 3 is 2.88 bits per heavy atom. The van der Waals surface area contributed by atoms with Crippen molar-refractivity contribution in [3.05, 3.63) is 12.4 Å². The maximum atomic E-state index is 11.7. The molecule has 0 spiro atoms. The molecule has 17 heavy (non-hydrogen) atoms. The fourth-order valence-corrected chi connectivity index (χ4v) is 1.79. The highest BCUT2D eigenvalue weighted by molar-refractivity contribution is 7.98. The first-order valence-corrected chi connectivity index (χ1v) is 7.03. The van der Waals surface area contributed by atoms with Gasteiger partial charge in [-0.25, -0.2) is 0 Å². The van der Waals surface area contributed by atoms with Crippen LogP contribution in [0.5, 0.6) is 0 Å². The fourth-order valence-electron chi connectivity index (χ4n) is 1.30. The Morgan fingerprint density at radius 2 is 2.35 bits per heavy atom. The molecule has 1 atom stereocenters. The summed E-state index contributed by atoms with van der Waals surface area (Å²) in [6, 6.07) is -0.171. The van der Waals surface area contributed by atoms with E-state index >= 15 is 0 Å². The van der Waals surface area contributed by atoms with Crippen molar-refractivity contribution < 1.29 is 4.79 Å². The van der Waals surface area contributed by atoms with Gasteiger partial charge >= 0.3 is 0 Å². The topological polar surface area (TPSA) is 72.9 Å². The van der Waals surface area contributed by atoms with Gasteiger partial charge in [0.15, 0.2) is 0 Å². The van der Waals surface area contributed by atoms with Crippen LogP contribution in [0.3, 0.4) is 0 Å². The maximum absolute atomic E-state index is 11.7. The normalized spacial score (nSPS) is 12.8. The molecule has 1 heterocycles. The smallest absolute Gasteiger partial charge is 0.241 e. The highest BCUT2D eigenvalue weighted by Gasteiger charge is 2.13. The molecule has 3 N–H and O–H groups in total. The zero-order chi connectivity index (χ0) is 12.8. The number of thioether (sulfide) groups is 1. The third kappa shape index (κ3) is 4.40. The summed E-state index contributed by atoms with van der Waals surface area (Å²) in [5.74, 6) is 0.738. The third-order valence-electron chi connectivity index (χ3n) is 2.37. The molecule has 0 radical (unpaired) electrons. The zero-order valence-electron chi connectivity index (χ0n) is 10.5. The van der Waals surface area contributed by atoms with Gasteiger partial charge < -0.3 is 11.1 Å². The molecule has 5 nitrogen and oxygen atoms in total. The Hall–Kier alpha value is -1.01. The minimum Gasteiger partial charge on any atom is -0.322 e. The van der Waals surface area contributed by atoms with Crippen LogP contribution in [0.25, 0.3) is 0 Å². The zero-order valence-corrected chi connectivity index (χ0v) is 11.3. The monoisotopic (exact) mass is 256 g/mol. The van der Waals surface area contributed by atoms with Crippen LogP contribution in [0.15, 0.2) is 12.4 Å². The lowest BCUT2D eigenvalue weighted by molar-refractivity contribution is -0.117. The van der Waals surface area contributed by atoms with Crippen molar-refractivity contribution >= 4 is 23.4 Å². The summed E-state index contributed by atoms with van der Waals surface area (Å²) in [7, 11) is 0. The summed E-state index contributed by atoms with van der Waals surface area (Å²) >= 11 is 1.69. The van der Waals surface area contributed by atoms with E-state index in [1.54, 1.807) is 22.6 Å². The minimum atomic E-state index is -0.454. The second kappa shape index (κ2) is 6.66. The van der Waals surface area contributed by atoms with Gasteiger partial charge in [0.25, 0.3) is 0 Å². The quantitative estimate of drug-likeness (QED) is 0.808. The van der Waals surface area contributed by atoms with Crippen LogP contribution < -0.4 is 11.1 Å². The molecule has 1 aromatic rings. The van der Waals surface area contributed by atoms with Gasteiger partial charge in [0, 0.05) is 12.2 Å². The van der Waals surface area contributed by atoms with Crippen molar-refractivity contribution in [3.63, 3.8) is 0 Å². The van der Waals surface area contributed by atoms with Crippen LogP contribution in [0.1, 0.15) is 26.3 Å². The predicted octanol–water partition coefficient (Wildman–Crippen LogP) is 1.48. The summed E-state index contributed by atoms with van der Waals surface area (Å²) in [5, 5.41) is 6.92. The van der Waals surface area contributed by atoms with Gasteiger partial charge in [0.1, 0.15) is 0 Å². The first-order chi connectivity index (χ1) is 8.04. The number of hydrogen-bond acceptors (Lipinski definition) is 4. The van der Waals surface area contributed by atoms with Crippen LogP contribution in [-0.2, 0) is 4.79 Å². The van der Waals surface area contributed by atoms with Crippen molar-refractivity contribution in [1.29, 1.82) is 0 Å². The number of rotatable bonds is 6. The molecule has 0 aliphatic heterocycles. The second-order valence-corrected chi connectivity index (χ2v) is 5.17. The average molecular weight is 256 g/mol. The molecule has 0 fully saturated rings. The molecular weight excluding hydrogens is 236 g/mol. The molecule has 0 bridgehead atoms. The summed E-state index contributed by atoms with van der Waals surface area (Å²) < 4.78 is 1.79. The molecule has 0 saturated heterocycles.